The quantitative estimate of drug-likeness (QED) is 0.521. The molecule has 0 saturated carbocycles. The summed E-state index contributed by atoms with van der Waals surface area (Å²) >= 11 is 5.05. The Balaban J connectivity index is 1.89. The number of hydrogen-bond donors (Lipinski definition) is 3. The SMILES string of the molecule is CCCOc1ccccc1C(=O)NC(=S)NNC(=O)c1ccc(OC)cc1. The molecule has 0 unspecified atom stereocenters. The van der Waals surface area contributed by atoms with Gasteiger partial charge in [0, 0.05) is 5.56 Å². The van der Waals surface area contributed by atoms with Crippen molar-refractivity contribution in [1.82, 2.24) is 16.2 Å². The first-order valence-corrected chi connectivity index (χ1v) is 8.73. The van der Waals surface area contributed by atoms with Crippen LogP contribution in [0.5, 0.6) is 11.5 Å². The lowest BCUT2D eigenvalue weighted by Gasteiger charge is -2.13. The maximum Gasteiger partial charge on any atom is 0.269 e. The van der Waals surface area contributed by atoms with Crippen LogP contribution in [0.1, 0.15) is 34.1 Å². The number of carbonyl (C=O) groups excluding carboxylic acids is 2. The third-order valence-corrected chi connectivity index (χ3v) is 3.67. The van der Waals surface area contributed by atoms with E-state index in [0.29, 0.717) is 29.2 Å². The fourth-order valence-electron chi connectivity index (χ4n) is 2.12. The van der Waals surface area contributed by atoms with Crippen molar-refractivity contribution in [2.75, 3.05) is 13.7 Å². The summed E-state index contributed by atoms with van der Waals surface area (Å²) in [7, 11) is 1.54. The molecule has 0 radical (unpaired) electrons. The van der Waals surface area contributed by atoms with Crippen LogP contribution in [0.2, 0.25) is 0 Å². The highest BCUT2D eigenvalue weighted by Gasteiger charge is 2.14. The van der Waals surface area contributed by atoms with Crippen LogP contribution in [0.15, 0.2) is 48.5 Å². The molecule has 7 nitrogen and oxygen atoms in total. The summed E-state index contributed by atoms with van der Waals surface area (Å²) in [5.41, 5.74) is 5.70. The lowest BCUT2D eigenvalue weighted by Crippen LogP contribution is -2.48. The van der Waals surface area contributed by atoms with Crippen molar-refractivity contribution in [3.8, 4) is 11.5 Å². The molecule has 2 aromatic carbocycles. The molecule has 2 amide bonds. The average molecular weight is 387 g/mol. The number of ether oxygens (including phenoxy) is 2. The number of hydrogen-bond acceptors (Lipinski definition) is 5. The number of nitrogens with one attached hydrogen (secondary N) is 3. The van der Waals surface area contributed by atoms with Crippen LogP contribution < -0.4 is 25.6 Å². The fourth-order valence-corrected chi connectivity index (χ4v) is 2.27. The molecule has 0 fully saturated rings. The highest BCUT2D eigenvalue weighted by atomic mass is 32.1. The largest absolute Gasteiger partial charge is 0.497 e. The Hall–Kier alpha value is -3.13. The van der Waals surface area contributed by atoms with Crippen molar-refractivity contribution < 1.29 is 19.1 Å². The Morgan fingerprint density at radius 3 is 2.37 bits per heavy atom. The van der Waals surface area contributed by atoms with E-state index in [4.69, 9.17) is 21.7 Å². The van der Waals surface area contributed by atoms with Crippen LogP contribution in [0.3, 0.4) is 0 Å². The minimum Gasteiger partial charge on any atom is -0.497 e. The van der Waals surface area contributed by atoms with Gasteiger partial charge in [-0.05, 0) is 55.0 Å². The average Bonchev–Trinajstić information content (AvgIpc) is 2.70. The zero-order valence-electron chi connectivity index (χ0n) is 15.1. The highest BCUT2D eigenvalue weighted by molar-refractivity contribution is 7.80. The molecule has 0 heterocycles. The van der Waals surface area contributed by atoms with Crippen LogP contribution in [-0.4, -0.2) is 30.6 Å². The van der Waals surface area contributed by atoms with Gasteiger partial charge in [-0.3, -0.25) is 25.8 Å². The molecule has 0 aliphatic rings. The van der Waals surface area contributed by atoms with E-state index >= 15 is 0 Å². The van der Waals surface area contributed by atoms with Crippen molar-refractivity contribution in [3.63, 3.8) is 0 Å². The Kier molecular flexibility index (Phi) is 7.57. The summed E-state index contributed by atoms with van der Waals surface area (Å²) in [6.07, 6.45) is 0.827. The van der Waals surface area contributed by atoms with E-state index in [2.05, 4.69) is 16.2 Å². The van der Waals surface area contributed by atoms with Gasteiger partial charge in [-0.25, -0.2) is 0 Å². The Morgan fingerprint density at radius 1 is 1.00 bits per heavy atom. The van der Waals surface area contributed by atoms with Gasteiger partial charge in [-0.1, -0.05) is 19.1 Å². The molecule has 27 heavy (non-hydrogen) atoms. The third-order valence-electron chi connectivity index (χ3n) is 3.46. The second kappa shape index (κ2) is 10.1. The monoisotopic (exact) mass is 387 g/mol. The Bertz CT molecular complexity index is 809. The van der Waals surface area contributed by atoms with Crippen molar-refractivity contribution in [2.24, 2.45) is 0 Å². The molecule has 2 aromatic rings. The van der Waals surface area contributed by atoms with Gasteiger partial charge in [-0.15, -0.1) is 0 Å². The van der Waals surface area contributed by atoms with E-state index in [0.717, 1.165) is 6.42 Å². The normalized spacial score (nSPS) is 9.85. The molecule has 0 aromatic heterocycles. The molecule has 0 atom stereocenters. The van der Waals surface area contributed by atoms with Gasteiger partial charge in [0.2, 0.25) is 0 Å². The molecule has 3 N–H and O–H groups in total. The van der Waals surface area contributed by atoms with E-state index in [9.17, 15) is 9.59 Å². The van der Waals surface area contributed by atoms with Crippen LogP contribution in [0.4, 0.5) is 0 Å². The van der Waals surface area contributed by atoms with Crippen LogP contribution in [0, 0.1) is 0 Å². The highest BCUT2D eigenvalue weighted by Crippen LogP contribution is 2.18. The molecule has 0 saturated heterocycles. The zero-order chi connectivity index (χ0) is 19.6. The lowest BCUT2D eigenvalue weighted by molar-refractivity contribution is 0.0933. The summed E-state index contributed by atoms with van der Waals surface area (Å²) in [5, 5.41) is 2.47. The minimum atomic E-state index is -0.433. The summed E-state index contributed by atoms with van der Waals surface area (Å²) in [6, 6.07) is 13.4. The van der Waals surface area contributed by atoms with Crippen LogP contribution >= 0.6 is 12.2 Å². The maximum absolute atomic E-state index is 12.4. The first kappa shape index (κ1) is 20.2. The maximum atomic E-state index is 12.4. The third kappa shape index (κ3) is 5.96. The van der Waals surface area contributed by atoms with Crippen LogP contribution in [0.25, 0.3) is 0 Å². The van der Waals surface area contributed by atoms with Crippen molar-refractivity contribution in [1.29, 1.82) is 0 Å². The minimum absolute atomic E-state index is 0.0350. The van der Waals surface area contributed by atoms with Gasteiger partial charge in [0.15, 0.2) is 5.11 Å². The molecular formula is C19H21N3O4S. The first-order chi connectivity index (χ1) is 13.0. The molecule has 0 spiro atoms. The number of benzene rings is 2. The zero-order valence-corrected chi connectivity index (χ0v) is 15.9. The number of methoxy groups -OCH3 is 1. The number of amides is 2. The van der Waals surface area contributed by atoms with Crippen molar-refractivity contribution >= 4 is 29.1 Å². The molecule has 2 rings (SSSR count). The number of rotatable bonds is 6. The van der Waals surface area contributed by atoms with E-state index in [1.54, 1.807) is 55.6 Å². The van der Waals surface area contributed by atoms with Crippen LogP contribution in [-0.2, 0) is 0 Å². The molecule has 0 aliphatic heterocycles. The fraction of sp³-hybridized carbons (Fsp3) is 0.211. The summed E-state index contributed by atoms with van der Waals surface area (Å²) in [6.45, 7) is 2.48. The first-order valence-electron chi connectivity index (χ1n) is 8.32. The molecular weight excluding hydrogens is 366 g/mol. The number of carbonyl (C=O) groups is 2. The number of thiocarbonyl (C=S) groups is 1. The van der Waals surface area contributed by atoms with Gasteiger partial charge in [0.25, 0.3) is 11.8 Å². The smallest absolute Gasteiger partial charge is 0.269 e. The van der Waals surface area contributed by atoms with E-state index in [1.807, 2.05) is 6.92 Å². The summed E-state index contributed by atoms with van der Waals surface area (Å²) < 4.78 is 10.6. The number of para-hydroxylation sites is 1. The predicted octanol–water partition coefficient (Wildman–Crippen LogP) is 2.43. The predicted molar refractivity (Wildman–Crippen MR) is 106 cm³/mol. The van der Waals surface area contributed by atoms with E-state index in [1.165, 1.54) is 0 Å². The van der Waals surface area contributed by atoms with Gasteiger partial charge in [0.05, 0.1) is 19.3 Å². The second-order valence-electron chi connectivity index (χ2n) is 5.44. The van der Waals surface area contributed by atoms with Crippen molar-refractivity contribution in [2.45, 2.75) is 13.3 Å². The van der Waals surface area contributed by atoms with Gasteiger partial charge < -0.3 is 9.47 Å². The van der Waals surface area contributed by atoms with Gasteiger partial charge in [0.1, 0.15) is 11.5 Å². The standard InChI is InChI=1S/C19H21N3O4S/c1-3-12-26-16-7-5-4-6-15(16)18(24)20-19(27)22-21-17(23)13-8-10-14(25-2)11-9-13/h4-11H,3,12H2,1-2H3,(H,21,23)(H2,20,22,24,27). The Morgan fingerprint density at radius 2 is 1.70 bits per heavy atom. The topological polar surface area (TPSA) is 88.7 Å². The molecule has 0 aliphatic carbocycles. The summed E-state index contributed by atoms with van der Waals surface area (Å²) in [4.78, 5) is 24.4. The van der Waals surface area contributed by atoms with E-state index < -0.39 is 11.8 Å². The van der Waals surface area contributed by atoms with Crippen molar-refractivity contribution in [3.05, 3.63) is 59.7 Å². The second-order valence-corrected chi connectivity index (χ2v) is 5.84. The molecule has 8 heteroatoms. The van der Waals surface area contributed by atoms with Gasteiger partial charge >= 0.3 is 0 Å². The lowest BCUT2D eigenvalue weighted by atomic mass is 10.2. The summed E-state index contributed by atoms with van der Waals surface area (Å²) in [5.74, 6) is 0.284. The molecule has 142 valence electrons. The molecule has 0 bridgehead atoms. The van der Waals surface area contributed by atoms with E-state index in [-0.39, 0.29) is 5.11 Å². The Labute approximate surface area is 163 Å². The number of hydrazine groups is 1. The van der Waals surface area contributed by atoms with Gasteiger partial charge in [-0.2, -0.15) is 0 Å².